The van der Waals surface area contributed by atoms with Gasteiger partial charge in [0.2, 0.25) is 5.79 Å². The largest absolute Gasteiger partial charge is 0.358 e. The zero-order valence-electron chi connectivity index (χ0n) is 11.1. The second-order valence-corrected chi connectivity index (χ2v) is 5.89. The topological polar surface area (TPSA) is 47.9 Å². The van der Waals surface area contributed by atoms with E-state index in [9.17, 15) is 5.11 Å². The van der Waals surface area contributed by atoms with Crippen LogP contribution in [0.25, 0.3) is 0 Å². The Kier molecular flexibility index (Phi) is 2.24. The zero-order chi connectivity index (χ0) is 13.2. The number of ether oxygens (including phenoxy) is 1. The average Bonchev–Trinajstić information content (AvgIpc) is 2.37. The maximum atomic E-state index is 10.8. The molecule has 0 aromatic heterocycles. The molecule has 4 heteroatoms. The maximum Gasteiger partial charge on any atom is 0.254 e. The molecule has 0 aliphatic carbocycles. The molecule has 1 saturated heterocycles. The third-order valence-corrected chi connectivity index (χ3v) is 3.76. The average molecular weight is 250 g/mol. The molecule has 1 N–H and O–H groups in total. The van der Waals surface area contributed by atoms with Gasteiger partial charge in [-0.05, 0) is 33.3 Å². The predicted octanol–water partition coefficient (Wildman–Crippen LogP) is 2.17. The third kappa shape index (κ3) is 1.47. The van der Waals surface area contributed by atoms with Gasteiger partial charge in [0.1, 0.15) is 5.60 Å². The van der Waals surface area contributed by atoms with Gasteiger partial charge in [0.15, 0.2) is 0 Å². The molecule has 4 rings (SSSR count). The lowest BCUT2D eigenvalue weighted by molar-refractivity contribution is -0.580. The lowest BCUT2D eigenvalue weighted by Crippen LogP contribution is -2.59. The Bertz CT molecular complexity index is 511. The first-order valence-corrected chi connectivity index (χ1v) is 6.15. The Morgan fingerprint density at radius 3 is 2.56 bits per heavy atom. The fraction of sp³-hybridized carbons (Fsp3) is 0.571. The highest BCUT2D eigenvalue weighted by atomic mass is 17.3. The van der Waals surface area contributed by atoms with Crippen molar-refractivity contribution in [2.75, 3.05) is 0 Å². The Hall–Kier alpha value is -0.940. The van der Waals surface area contributed by atoms with E-state index in [1.165, 1.54) is 0 Å². The number of aliphatic hydroxyl groups is 1. The molecule has 1 aromatic carbocycles. The Labute approximate surface area is 106 Å². The number of rotatable bonds is 0. The summed E-state index contributed by atoms with van der Waals surface area (Å²) < 4.78 is 5.91. The molecule has 1 fully saturated rings. The van der Waals surface area contributed by atoms with Crippen LogP contribution >= 0.6 is 0 Å². The zero-order valence-corrected chi connectivity index (χ0v) is 11.1. The van der Waals surface area contributed by atoms with Gasteiger partial charge < -0.3 is 9.84 Å². The van der Waals surface area contributed by atoms with Crippen LogP contribution in [0.4, 0.5) is 0 Å². The van der Waals surface area contributed by atoms with E-state index in [4.69, 9.17) is 14.5 Å². The van der Waals surface area contributed by atoms with E-state index in [-0.39, 0.29) is 0 Å². The predicted molar refractivity (Wildman–Crippen MR) is 64.5 cm³/mol. The number of hydrogen-bond donors (Lipinski definition) is 1. The first-order chi connectivity index (χ1) is 8.26. The highest BCUT2D eigenvalue weighted by Gasteiger charge is 2.60. The lowest BCUT2D eigenvalue weighted by Gasteiger charge is -2.48. The van der Waals surface area contributed by atoms with Crippen LogP contribution < -0.4 is 0 Å². The fourth-order valence-corrected chi connectivity index (χ4v) is 2.85. The summed E-state index contributed by atoms with van der Waals surface area (Å²) in [5.41, 5.74) is 1.99. The molecule has 0 spiro atoms. The summed E-state index contributed by atoms with van der Waals surface area (Å²) in [4.78, 5) is 10.6. The van der Waals surface area contributed by atoms with Gasteiger partial charge in [0.05, 0.1) is 0 Å². The Balaban J connectivity index is 2.26. The van der Waals surface area contributed by atoms with Gasteiger partial charge in [0.25, 0.3) is 5.79 Å². The summed E-state index contributed by atoms with van der Waals surface area (Å²) >= 11 is 0. The smallest absolute Gasteiger partial charge is 0.254 e. The molecule has 4 nitrogen and oxygen atoms in total. The first kappa shape index (κ1) is 12.1. The summed E-state index contributed by atoms with van der Waals surface area (Å²) in [5.74, 6) is -2.44. The Morgan fingerprint density at radius 1 is 1.17 bits per heavy atom. The van der Waals surface area contributed by atoms with Crippen molar-refractivity contribution >= 4 is 0 Å². The molecule has 0 saturated carbocycles. The Morgan fingerprint density at radius 2 is 1.89 bits per heavy atom. The molecule has 2 unspecified atom stereocenters. The minimum absolute atomic E-state index is 0.551. The van der Waals surface area contributed by atoms with Gasteiger partial charge in [0, 0.05) is 12.0 Å². The number of aryl methyl sites for hydroxylation is 1. The normalized spacial score (nSPS) is 37.2. The highest BCUT2D eigenvalue weighted by molar-refractivity contribution is 5.38. The molecule has 0 amide bonds. The van der Waals surface area contributed by atoms with E-state index in [0.717, 1.165) is 16.7 Å². The molecule has 3 aliphatic heterocycles. The van der Waals surface area contributed by atoms with Gasteiger partial charge in [-0.25, -0.2) is 0 Å². The van der Waals surface area contributed by atoms with Gasteiger partial charge in [-0.15, -0.1) is 0 Å². The van der Waals surface area contributed by atoms with Crippen LogP contribution in [0.3, 0.4) is 0 Å². The summed E-state index contributed by atoms with van der Waals surface area (Å²) in [6.07, 6.45) is 0.551. The summed E-state index contributed by atoms with van der Waals surface area (Å²) in [6.45, 7) is 7.46. The van der Waals surface area contributed by atoms with E-state index in [1.807, 2.05) is 45.9 Å². The van der Waals surface area contributed by atoms with E-state index >= 15 is 0 Å². The van der Waals surface area contributed by atoms with Crippen molar-refractivity contribution in [2.24, 2.45) is 0 Å². The van der Waals surface area contributed by atoms with Crippen LogP contribution in [0.1, 0.15) is 37.5 Å². The van der Waals surface area contributed by atoms with Gasteiger partial charge >= 0.3 is 0 Å². The van der Waals surface area contributed by atoms with E-state index in [0.29, 0.717) is 6.42 Å². The van der Waals surface area contributed by atoms with Gasteiger partial charge in [-0.3, -0.25) is 0 Å². The molecule has 1 aromatic rings. The lowest BCUT2D eigenvalue weighted by atomic mass is 9.87. The van der Waals surface area contributed by atoms with Crippen LogP contribution in [0, 0.1) is 6.92 Å². The van der Waals surface area contributed by atoms with Crippen molar-refractivity contribution in [2.45, 2.75) is 51.3 Å². The number of benzene rings is 1. The van der Waals surface area contributed by atoms with Crippen LogP contribution in [-0.2, 0) is 26.7 Å². The molecule has 2 atom stereocenters. The quantitative estimate of drug-likeness (QED) is 0.717. The molecule has 2 bridgehead atoms. The second kappa shape index (κ2) is 3.33. The van der Waals surface area contributed by atoms with Crippen LogP contribution in [0.2, 0.25) is 0 Å². The minimum Gasteiger partial charge on any atom is -0.358 e. The highest BCUT2D eigenvalue weighted by Crippen LogP contribution is 2.50. The van der Waals surface area contributed by atoms with E-state index in [2.05, 4.69) is 0 Å². The van der Waals surface area contributed by atoms with Crippen molar-refractivity contribution in [1.82, 2.24) is 0 Å². The van der Waals surface area contributed by atoms with Crippen molar-refractivity contribution < 1.29 is 19.6 Å². The van der Waals surface area contributed by atoms with E-state index < -0.39 is 17.2 Å². The molecule has 0 radical (unpaired) electrons. The number of hydrogen-bond acceptors (Lipinski definition) is 4. The van der Waals surface area contributed by atoms with Crippen LogP contribution in [0.15, 0.2) is 18.2 Å². The van der Waals surface area contributed by atoms with Crippen molar-refractivity contribution in [1.29, 1.82) is 0 Å². The van der Waals surface area contributed by atoms with E-state index in [1.54, 1.807) is 0 Å². The molecule has 3 aliphatic rings. The minimum atomic E-state index is -1.58. The monoisotopic (exact) mass is 250 g/mol. The molecule has 98 valence electrons. The van der Waals surface area contributed by atoms with Gasteiger partial charge in [-0.1, -0.05) is 23.8 Å². The summed E-state index contributed by atoms with van der Waals surface area (Å²) in [7, 11) is 0. The standard InChI is InChI=1S/C14H18O4/c1-9-5-6-11-10(7-9)8-13(4)16-12(2,3)14(11,15)18-17-13/h5-7,15H,8H2,1-4H3. The van der Waals surface area contributed by atoms with Crippen molar-refractivity contribution in [3.8, 4) is 0 Å². The van der Waals surface area contributed by atoms with Crippen molar-refractivity contribution in [3.05, 3.63) is 34.9 Å². The number of fused-ring (bicyclic) bond motifs is 2. The van der Waals surface area contributed by atoms with Gasteiger partial charge in [-0.2, -0.15) is 9.78 Å². The molecular weight excluding hydrogens is 232 g/mol. The first-order valence-electron chi connectivity index (χ1n) is 6.15. The summed E-state index contributed by atoms with van der Waals surface area (Å²) in [6, 6.07) is 5.88. The molecule has 3 heterocycles. The SMILES string of the molecule is Cc1ccc2c(c1)CC1(C)OOC2(O)C(C)(C)O1. The third-order valence-electron chi connectivity index (χ3n) is 3.76. The molecule has 18 heavy (non-hydrogen) atoms. The van der Waals surface area contributed by atoms with Crippen molar-refractivity contribution in [3.63, 3.8) is 0 Å². The van der Waals surface area contributed by atoms with Crippen LogP contribution in [0.5, 0.6) is 0 Å². The summed E-state index contributed by atoms with van der Waals surface area (Å²) in [5, 5.41) is 10.8. The maximum absolute atomic E-state index is 10.8. The van der Waals surface area contributed by atoms with Crippen LogP contribution in [-0.4, -0.2) is 16.5 Å². The molecular formula is C14H18O4. The second-order valence-electron chi connectivity index (χ2n) is 5.89. The fourth-order valence-electron chi connectivity index (χ4n) is 2.85.